The first-order chi connectivity index (χ1) is 12.3. The molecule has 146 valence electrons. The van der Waals surface area contributed by atoms with E-state index in [1.165, 1.54) is 12.1 Å². The van der Waals surface area contributed by atoms with Gasteiger partial charge in [-0.3, -0.25) is 4.79 Å². The molecule has 1 heterocycles. The minimum atomic E-state index is -4.28. The van der Waals surface area contributed by atoms with Gasteiger partial charge in [-0.15, -0.1) is 0 Å². The number of nitrogens with one attached hydrogen (secondary N) is 1. The maximum Gasteiger partial charge on any atom is 0.411 e. The smallest absolute Gasteiger partial charge is 0.372 e. The predicted molar refractivity (Wildman–Crippen MR) is 88.9 cm³/mol. The number of halogens is 4. The second-order valence-electron chi connectivity index (χ2n) is 6.48. The summed E-state index contributed by atoms with van der Waals surface area (Å²) < 4.78 is 53.3. The van der Waals surface area contributed by atoms with Gasteiger partial charge in [0.1, 0.15) is 12.4 Å². The lowest BCUT2D eigenvalue weighted by atomic mass is 9.95. The zero-order chi connectivity index (χ0) is 19.0. The first-order valence-electron chi connectivity index (χ1n) is 8.72. The van der Waals surface area contributed by atoms with Gasteiger partial charge in [-0.05, 0) is 50.0 Å². The van der Waals surface area contributed by atoms with E-state index in [1.807, 2.05) is 0 Å². The van der Waals surface area contributed by atoms with E-state index in [0.29, 0.717) is 19.5 Å². The number of benzene rings is 1. The summed E-state index contributed by atoms with van der Waals surface area (Å²) in [7, 11) is 0. The molecule has 0 radical (unpaired) electrons. The summed E-state index contributed by atoms with van der Waals surface area (Å²) in [6.07, 6.45) is -2.30. The fourth-order valence-corrected chi connectivity index (χ4v) is 2.93. The van der Waals surface area contributed by atoms with Crippen molar-refractivity contribution in [2.24, 2.45) is 5.92 Å². The summed E-state index contributed by atoms with van der Waals surface area (Å²) in [4.78, 5) is 14.3. The molecule has 1 aromatic carbocycles. The highest BCUT2D eigenvalue weighted by Gasteiger charge is 2.27. The van der Waals surface area contributed by atoms with Crippen molar-refractivity contribution in [3.63, 3.8) is 0 Å². The molecule has 1 aliphatic rings. The number of carbonyl (C=O) groups excluding carboxylic acids is 1. The van der Waals surface area contributed by atoms with Crippen LogP contribution in [-0.4, -0.2) is 49.8 Å². The fraction of sp³-hybridized carbons (Fsp3) is 0.611. The molecule has 1 saturated heterocycles. The normalized spacial score (nSPS) is 16.6. The minimum Gasteiger partial charge on any atom is -0.372 e. The molecule has 0 spiro atoms. The van der Waals surface area contributed by atoms with Gasteiger partial charge in [0.05, 0.1) is 0 Å². The van der Waals surface area contributed by atoms with Crippen molar-refractivity contribution in [3.05, 3.63) is 35.6 Å². The molecule has 0 atom stereocenters. The van der Waals surface area contributed by atoms with Gasteiger partial charge in [-0.25, -0.2) is 4.39 Å². The molecule has 2 rings (SSSR count). The van der Waals surface area contributed by atoms with Crippen LogP contribution in [0.5, 0.6) is 0 Å². The zero-order valence-corrected chi connectivity index (χ0v) is 14.5. The number of rotatable bonds is 8. The number of ether oxygens (including phenoxy) is 1. The Morgan fingerprint density at radius 1 is 1.19 bits per heavy atom. The van der Waals surface area contributed by atoms with Crippen LogP contribution in [0, 0.1) is 11.7 Å². The van der Waals surface area contributed by atoms with Crippen molar-refractivity contribution in [1.29, 1.82) is 0 Å². The number of likely N-dealkylation sites (tertiary alicyclic amines) is 1. The Kier molecular flexibility index (Phi) is 7.84. The van der Waals surface area contributed by atoms with Crippen LogP contribution < -0.4 is 5.32 Å². The Bertz CT molecular complexity index is 555. The minimum absolute atomic E-state index is 0.0116. The van der Waals surface area contributed by atoms with Crippen LogP contribution in [0.25, 0.3) is 0 Å². The van der Waals surface area contributed by atoms with E-state index in [0.717, 1.165) is 31.5 Å². The first kappa shape index (κ1) is 20.6. The summed E-state index contributed by atoms with van der Waals surface area (Å²) in [5, 5.41) is 2.87. The monoisotopic (exact) mass is 376 g/mol. The van der Waals surface area contributed by atoms with Gasteiger partial charge in [-0.2, -0.15) is 13.2 Å². The third-order valence-corrected chi connectivity index (χ3v) is 4.37. The molecule has 1 aliphatic heterocycles. The van der Waals surface area contributed by atoms with Crippen molar-refractivity contribution < 1.29 is 27.1 Å². The SMILES string of the molecule is O=C(NCc1ccc(F)cc1)C1CCN(CCCOCC(F)(F)F)CC1. The van der Waals surface area contributed by atoms with E-state index in [4.69, 9.17) is 0 Å². The quantitative estimate of drug-likeness (QED) is 0.560. The van der Waals surface area contributed by atoms with Crippen molar-refractivity contribution in [3.8, 4) is 0 Å². The van der Waals surface area contributed by atoms with Crippen LogP contribution in [0.3, 0.4) is 0 Å². The zero-order valence-electron chi connectivity index (χ0n) is 14.5. The highest BCUT2D eigenvalue weighted by atomic mass is 19.4. The van der Waals surface area contributed by atoms with Crippen LogP contribution in [0.4, 0.5) is 17.6 Å². The maximum absolute atomic E-state index is 12.8. The van der Waals surface area contributed by atoms with Gasteiger partial charge in [0.25, 0.3) is 0 Å². The maximum atomic E-state index is 12.8. The average Bonchev–Trinajstić information content (AvgIpc) is 2.60. The average molecular weight is 376 g/mol. The highest BCUT2D eigenvalue weighted by Crippen LogP contribution is 2.18. The summed E-state index contributed by atoms with van der Waals surface area (Å²) in [5.41, 5.74) is 0.844. The molecule has 0 aromatic heterocycles. The molecule has 1 N–H and O–H groups in total. The van der Waals surface area contributed by atoms with Gasteiger partial charge >= 0.3 is 6.18 Å². The van der Waals surface area contributed by atoms with Crippen LogP contribution in [0.2, 0.25) is 0 Å². The van der Waals surface area contributed by atoms with E-state index in [9.17, 15) is 22.4 Å². The molecule has 4 nitrogen and oxygen atoms in total. The van der Waals surface area contributed by atoms with E-state index < -0.39 is 12.8 Å². The summed E-state index contributed by atoms with van der Waals surface area (Å²) in [6, 6.07) is 5.99. The van der Waals surface area contributed by atoms with E-state index in [2.05, 4.69) is 15.0 Å². The summed E-state index contributed by atoms with van der Waals surface area (Å²) >= 11 is 0. The van der Waals surface area contributed by atoms with E-state index >= 15 is 0 Å². The standard InChI is InChI=1S/C18H24F4N2O2/c19-16-4-2-14(3-5-16)12-23-17(25)15-6-9-24(10-7-15)8-1-11-26-13-18(20,21)22/h2-5,15H,1,6-13H2,(H,23,25). The second-order valence-corrected chi connectivity index (χ2v) is 6.48. The second kappa shape index (κ2) is 9.87. The molecule has 26 heavy (non-hydrogen) atoms. The number of carbonyl (C=O) groups is 1. The number of alkyl halides is 3. The molecule has 0 bridgehead atoms. The molecule has 1 aromatic rings. The van der Waals surface area contributed by atoms with Crippen LogP contribution in [0.15, 0.2) is 24.3 Å². The molecule has 0 saturated carbocycles. The summed E-state index contributed by atoms with van der Waals surface area (Å²) in [5.74, 6) is -0.382. The fourth-order valence-electron chi connectivity index (χ4n) is 2.93. The number of hydrogen-bond donors (Lipinski definition) is 1. The first-order valence-corrected chi connectivity index (χ1v) is 8.72. The lowest BCUT2D eigenvalue weighted by Gasteiger charge is -2.31. The molecule has 1 amide bonds. The molecule has 0 unspecified atom stereocenters. The molecular formula is C18H24F4N2O2. The lowest BCUT2D eigenvalue weighted by Crippen LogP contribution is -2.40. The van der Waals surface area contributed by atoms with Crippen LogP contribution >= 0.6 is 0 Å². The number of nitrogens with zero attached hydrogens (tertiary/aromatic N) is 1. The number of piperidine rings is 1. The molecule has 0 aliphatic carbocycles. The van der Waals surface area contributed by atoms with Crippen LogP contribution in [0.1, 0.15) is 24.8 Å². The number of hydrogen-bond acceptors (Lipinski definition) is 3. The molecular weight excluding hydrogens is 352 g/mol. The third-order valence-electron chi connectivity index (χ3n) is 4.37. The Hall–Kier alpha value is -1.67. The van der Waals surface area contributed by atoms with Gasteiger partial charge in [-0.1, -0.05) is 12.1 Å². The van der Waals surface area contributed by atoms with Gasteiger partial charge in [0, 0.05) is 25.6 Å². The summed E-state index contributed by atoms with van der Waals surface area (Å²) in [6.45, 7) is 1.40. The Morgan fingerprint density at radius 3 is 2.46 bits per heavy atom. The van der Waals surface area contributed by atoms with E-state index in [-0.39, 0.29) is 24.2 Å². The van der Waals surface area contributed by atoms with E-state index in [1.54, 1.807) is 12.1 Å². The lowest BCUT2D eigenvalue weighted by molar-refractivity contribution is -0.174. The van der Waals surface area contributed by atoms with Gasteiger partial charge in [0.2, 0.25) is 5.91 Å². The van der Waals surface area contributed by atoms with Crippen LogP contribution in [-0.2, 0) is 16.1 Å². The van der Waals surface area contributed by atoms with Crippen molar-refractivity contribution in [1.82, 2.24) is 10.2 Å². The Morgan fingerprint density at radius 2 is 1.85 bits per heavy atom. The highest BCUT2D eigenvalue weighted by molar-refractivity contribution is 5.78. The molecule has 1 fully saturated rings. The Labute approximate surface area is 150 Å². The van der Waals surface area contributed by atoms with Crippen molar-refractivity contribution >= 4 is 5.91 Å². The topological polar surface area (TPSA) is 41.6 Å². The predicted octanol–water partition coefficient (Wildman–Crippen LogP) is 3.12. The van der Waals surface area contributed by atoms with Gasteiger partial charge < -0.3 is 15.0 Å². The van der Waals surface area contributed by atoms with Gasteiger partial charge in [0.15, 0.2) is 0 Å². The van der Waals surface area contributed by atoms with Crippen molar-refractivity contribution in [2.75, 3.05) is 32.8 Å². The number of amides is 1. The molecule has 8 heteroatoms. The largest absolute Gasteiger partial charge is 0.411 e. The Balaban J connectivity index is 1.58. The third kappa shape index (κ3) is 7.70. The van der Waals surface area contributed by atoms with Crippen molar-refractivity contribution in [2.45, 2.75) is 32.0 Å².